The Morgan fingerprint density at radius 1 is 1.31 bits per heavy atom. The summed E-state index contributed by atoms with van der Waals surface area (Å²) in [6.45, 7) is 14.1. The quantitative estimate of drug-likeness (QED) is 0.830. The molecule has 1 rings (SSSR count). The first-order valence-electron chi connectivity index (χ1n) is 5.99. The highest BCUT2D eigenvalue weighted by atomic mass is 32.1. The predicted molar refractivity (Wildman–Crippen MR) is 72.5 cm³/mol. The lowest BCUT2D eigenvalue weighted by atomic mass is 10.3. The van der Waals surface area contributed by atoms with E-state index in [1.165, 1.54) is 4.88 Å². The van der Waals surface area contributed by atoms with Gasteiger partial charge in [0.05, 0.1) is 5.69 Å². The van der Waals surface area contributed by atoms with Gasteiger partial charge in [0.1, 0.15) is 0 Å². The number of nitrogens with one attached hydrogen (secondary N) is 1. The molecule has 0 saturated carbocycles. The van der Waals surface area contributed by atoms with Gasteiger partial charge in [-0.15, -0.1) is 11.3 Å². The maximum Gasteiger partial charge on any atom is 0.183 e. The fourth-order valence-electron chi connectivity index (χ4n) is 1.66. The second kappa shape index (κ2) is 6.21. The SMILES string of the molecule is CCN(CC)CC(C)Nc1nc(C)c(C)s1. The zero-order valence-corrected chi connectivity index (χ0v) is 11.8. The summed E-state index contributed by atoms with van der Waals surface area (Å²) in [5, 5.41) is 4.52. The molecule has 1 atom stereocenters. The standard InChI is InChI=1S/C12H23N3S/c1-6-15(7-2)8-9(3)13-12-14-10(4)11(5)16-12/h9H,6-8H2,1-5H3,(H,13,14). The van der Waals surface area contributed by atoms with E-state index in [1.54, 1.807) is 11.3 Å². The van der Waals surface area contributed by atoms with Gasteiger partial charge in [0.25, 0.3) is 0 Å². The van der Waals surface area contributed by atoms with Gasteiger partial charge in [-0.3, -0.25) is 0 Å². The van der Waals surface area contributed by atoms with Crippen molar-refractivity contribution >= 4 is 16.5 Å². The highest BCUT2D eigenvalue weighted by Crippen LogP contribution is 2.21. The summed E-state index contributed by atoms with van der Waals surface area (Å²) < 4.78 is 0. The smallest absolute Gasteiger partial charge is 0.183 e. The van der Waals surface area contributed by atoms with Crippen LogP contribution in [-0.4, -0.2) is 35.6 Å². The van der Waals surface area contributed by atoms with Crippen molar-refractivity contribution in [3.8, 4) is 0 Å². The minimum Gasteiger partial charge on any atom is -0.358 e. The molecule has 0 radical (unpaired) electrons. The molecule has 92 valence electrons. The largest absolute Gasteiger partial charge is 0.358 e. The van der Waals surface area contributed by atoms with Gasteiger partial charge in [0, 0.05) is 17.5 Å². The summed E-state index contributed by atoms with van der Waals surface area (Å²) in [4.78, 5) is 8.22. The maximum atomic E-state index is 4.50. The number of aryl methyl sites for hydroxylation is 2. The molecule has 4 heteroatoms. The molecule has 3 nitrogen and oxygen atoms in total. The van der Waals surface area contributed by atoms with Crippen molar-refractivity contribution in [2.45, 2.75) is 40.7 Å². The number of hydrogen-bond donors (Lipinski definition) is 1. The molecule has 1 aromatic rings. The summed E-state index contributed by atoms with van der Waals surface area (Å²) in [5.74, 6) is 0. The lowest BCUT2D eigenvalue weighted by Crippen LogP contribution is -2.34. The topological polar surface area (TPSA) is 28.2 Å². The van der Waals surface area contributed by atoms with Gasteiger partial charge >= 0.3 is 0 Å². The van der Waals surface area contributed by atoms with Gasteiger partial charge in [-0.25, -0.2) is 4.98 Å². The van der Waals surface area contributed by atoms with Crippen LogP contribution in [0.15, 0.2) is 0 Å². The zero-order chi connectivity index (χ0) is 12.1. The number of likely N-dealkylation sites (N-methyl/N-ethyl adjacent to an activating group) is 1. The van der Waals surface area contributed by atoms with E-state index in [4.69, 9.17) is 0 Å². The van der Waals surface area contributed by atoms with E-state index in [0.717, 1.165) is 30.5 Å². The van der Waals surface area contributed by atoms with Gasteiger partial charge in [-0.05, 0) is 33.9 Å². The normalized spacial score (nSPS) is 13.1. The minimum atomic E-state index is 0.449. The number of anilines is 1. The van der Waals surface area contributed by atoms with Crippen molar-refractivity contribution in [3.63, 3.8) is 0 Å². The van der Waals surface area contributed by atoms with Gasteiger partial charge in [0.15, 0.2) is 5.13 Å². The Kier molecular flexibility index (Phi) is 5.22. The minimum absolute atomic E-state index is 0.449. The van der Waals surface area contributed by atoms with Crippen LogP contribution in [0.25, 0.3) is 0 Å². The second-order valence-corrected chi connectivity index (χ2v) is 5.40. The third-order valence-corrected chi connectivity index (χ3v) is 3.83. The first-order chi connectivity index (χ1) is 7.56. The summed E-state index contributed by atoms with van der Waals surface area (Å²) in [6, 6.07) is 0.449. The molecule has 0 aliphatic heterocycles. The lowest BCUT2D eigenvalue weighted by molar-refractivity contribution is 0.295. The molecule has 16 heavy (non-hydrogen) atoms. The molecule has 0 amide bonds. The number of rotatable bonds is 6. The maximum absolute atomic E-state index is 4.50. The van der Waals surface area contributed by atoms with Crippen LogP contribution in [-0.2, 0) is 0 Å². The van der Waals surface area contributed by atoms with Gasteiger partial charge < -0.3 is 10.2 Å². The third-order valence-electron chi connectivity index (χ3n) is 2.82. The molecule has 0 bridgehead atoms. The van der Waals surface area contributed by atoms with Crippen molar-refractivity contribution in [2.75, 3.05) is 25.0 Å². The molecule has 1 unspecified atom stereocenters. The fourth-order valence-corrected chi connectivity index (χ4v) is 2.59. The molecule has 0 fully saturated rings. The second-order valence-electron chi connectivity index (χ2n) is 4.19. The van der Waals surface area contributed by atoms with Crippen LogP contribution in [0.2, 0.25) is 0 Å². The molecule has 1 N–H and O–H groups in total. The highest BCUT2D eigenvalue weighted by molar-refractivity contribution is 7.15. The Morgan fingerprint density at radius 3 is 2.38 bits per heavy atom. The average Bonchev–Trinajstić information content (AvgIpc) is 2.54. The van der Waals surface area contributed by atoms with Gasteiger partial charge in [-0.1, -0.05) is 13.8 Å². The number of thiazole rings is 1. The number of hydrogen-bond acceptors (Lipinski definition) is 4. The monoisotopic (exact) mass is 241 g/mol. The summed E-state index contributed by atoms with van der Waals surface area (Å²) in [6.07, 6.45) is 0. The molecular weight excluding hydrogens is 218 g/mol. The fraction of sp³-hybridized carbons (Fsp3) is 0.750. The first-order valence-corrected chi connectivity index (χ1v) is 6.81. The van der Waals surface area contributed by atoms with Crippen molar-refractivity contribution in [1.82, 2.24) is 9.88 Å². The molecule has 0 aliphatic rings. The summed E-state index contributed by atoms with van der Waals surface area (Å²) in [5.41, 5.74) is 1.14. The van der Waals surface area contributed by atoms with E-state index in [1.807, 2.05) is 0 Å². The van der Waals surface area contributed by atoms with Crippen LogP contribution in [0.1, 0.15) is 31.3 Å². The van der Waals surface area contributed by atoms with E-state index >= 15 is 0 Å². The third kappa shape index (κ3) is 3.76. The van der Waals surface area contributed by atoms with Gasteiger partial charge in [0.2, 0.25) is 0 Å². The van der Waals surface area contributed by atoms with Crippen LogP contribution in [0.5, 0.6) is 0 Å². The number of aromatic nitrogens is 1. The Balaban J connectivity index is 2.47. The zero-order valence-electron chi connectivity index (χ0n) is 11.0. The number of nitrogens with zero attached hydrogens (tertiary/aromatic N) is 2. The summed E-state index contributed by atoms with van der Waals surface area (Å²) >= 11 is 1.74. The Bertz CT molecular complexity index is 299. The molecule has 1 heterocycles. The Morgan fingerprint density at radius 2 is 1.94 bits per heavy atom. The van der Waals surface area contributed by atoms with E-state index < -0.39 is 0 Å². The Hall–Kier alpha value is -0.610. The summed E-state index contributed by atoms with van der Waals surface area (Å²) in [7, 11) is 0. The van der Waals surface area contributed by atoms with E-state index in [-0.39, 0.29) is 0 Å². The van der Waals surface area contributed by atoms with Crippen LogP contribution in [0, 0.1) is 13.8 Å². The van der Waals surface area contributed by atoms with E-state index in [9.17, 15) is 0 Å². The predicted octanol–water partition coefficient (Wildman–Crippen LogP) is 2.90. The molecule has 1 aromatic heterocycles. The molecular formula is C12H23N3S. The molecule has 0 aromatic carbocycles. The van der Waals surface area contributed by atoms with Crippen LogP contribution in [0.3, 0.4) is 0 Å². The average molecular weight is 241 g/mol. The van der Waals surface area contributed by atoms with E-state index in [2.05, 4.69) is 49.8 Å². The van der Waals surface area contributed by atoms with Gasteiger partial charge in [-0.2, -0.15) is 0 Å². The first kappa shape index (κ1) is 13.5. The molecule has 0 saturated heterocycles. The van der Waals surface area contributed by atoms with Crippen LogP contribution >= 0.6 is 11.3 Å². The van der Waals surface area contributed by atoms with Crippen molar-refractivity contribution < 1.29 is 0 Å². The van der Waals surface area contributed by atoms with Crippen molar-refractivity contribution in [2.24, 2.45) is 0 Å². The molecule has 0 spiro atoms. The van der Waals surface area contributed by atoms with E-state index in [0.29, 0.717) is 6.04 Å². The Labute approximate surface area is 103 Å². The van der Waals surface area contributed by atoms with Crippen molar-refractivity contribution in [1.29, 1.82) is 0 Å². The highest BCUT2D eigenvalue weighted by Gasteiger charge is 2.09. The van der Waals surface area contributed by atoms with Crippen LogP contribution in [0.4, 0.5) is 5.13 Å². The lowest BCUT2D eigenvalue weighted by Gasteiger charge is -2.23. The van der Waals surface area contributed by atoms with Crippen molar-refractivity contribution in [3.05, 3.63) is 10.6 Å². The van der Waals surface area contributed by atoms with Crippen LogP contribution < -0.4 is 5.32 Å². The molecule has 0 aliphatic carbocycles.